The average Bonchev–Trinajstić information content (AvgIpc) is 2.68. The molecule has 2 aromatic carbocycles. The van der Waals surface area contributed by atoms with Crippen LogP contribution in [-0.4, -0.2) is 30.7 Å². The molecule has 0 spiro atoms. The van der Waals surface area contributed by atoms with Gasteiger partial charge in [-0.1, -0.05) is 13.8 Å². The minimum Gasteiger partial charge on any atom is -0.494 e. The average molecular weight is 401 g/mol. The summed E-state index contributed by atoms with van der Waals surface area (Å²) < 4.78 is 10.3. The van der Waals surface area contributed by atoms with Crippen LogP contribution in [0.3, 0.4) is 0 Å². The highest BCUT2D eigenvalue weighted by atomic mass is 32.1. The van der Waals surface area contributed by atoms with E-state index in [0.717, 1.165) is 17.9 Å². The molecule has 0 aliphatic rings. The Labute approximate surface area is 170 Å². The summed E-state index contributed by atoms with van der Waals surface area (Å²) >= 11 is 5.18. The molecule has 0 aromatic heterocycles. The number of anilines is 1. The van der Waals surface area contributed by atoms with Crippen molar-refractivity contribution in [3.8, 4) is 5.75 Å². The number of ether oxygens (including phenoxy) is 2. The molecule has 28 heavy (non-hydrogen) atoms. The second-order valence-electron chi connectivity index (χ2n) is 6.53. The molecule has 0 atom stereocenters. The number of hydrogen-bond acceptors (Lipinski definition) is 5. The van der Waals surface area contributed by atoms with E-state index in [0.29, 0.717) is 23.7 Å². The first-order valence-corrected chi connectivity index (χ1v) is 9.33. The Bertz CT molecular complexity index is 817. The summed E-state index contributed by atoms with van der Waals surface area (Å²) in [5, 5.41) is 5.73. The van der Waals surface area contributed by atoms with Crippen molar-refractivity contribution in [2.75, 3.05) is 19.0 Å². The van der Waals surface area contributed by atoms with Gasteiger partial charge in [0.1, 0.15) is 5.75 Å². The number of hydrogen-bond donors (Lipinski definition) is 2. The van der Waals surface area contributed by atoms with Crippen molar-refractivity contribution >= 4 is 34.9 Å². The van der Waals surface area contributed by atoms with Gasteiger partial charge in [0, 0.05) is 11.3 Å². The zero-order valence-corrected chi connectivity index (χ0v) is 17.0. The van der Waals surface area contributed by atoms with Gasteiger partial charge in [0.15, 0.2) is 5.11 Å². The Morgan fingerprint density at radius 1 is 1.00 bits per heavy atom. The number of thiocarbonyl (C=S) groups is 1. The highest BCUT2D eigenvalue weighted by molar-refractivity contribution is 7.80. The molecule has 148 valence electrons. The molecule has 0 fully saturated rings. The van der Waals surface area contributed by atoms with Crippen LogP contribution in [-0.2, 0) is 4.74 Å². The van der Waals surface area contributed by atoms with Crippen molar-refractivity contribution in [3.05, 3.63) is 59.7 Å². The summed E-state index contributed by atoms with van der Waals surface area (Å²) in [7, 11) is 1.30. The summed E-state index contributed by atoms with van der Waals surface area (Å²) in [6.45, 7) is 4.98. The lowest BCUT2D eigenvalue weighted by molar-refractivity contribution is 0.0600. The van der Waals surface area contributed by atoms with E-state index >= 15 is 0 Å². The predicted molar refractivity (Wildman–Crippen MR) is 113 cm³/mol. The molecular weight excluding hydrogens is 376 g/mol. The third-order valence-electron chi connectivity index (χ3n) is 3.87. The minimum atomic E-state index is -0.458. The van der Waals surface area contributed by atoms with Gasteiger partial charge in [-0.15, -0.1) is 0 Å². The summed E-state index contributed by atoms with van der Waals surface area (Å²) in [6.07, 6.45) is 0.997. The molecule has 6 nitrogen and oxygen atoms in total. The number of esters is 1. The van der Waals surface area contributed by atoms with E-state index in [4.69, 9.17) is 17.0 Å². The van der Waals surface area contributed by atoms with Crippen molar-refractivity contribution < 1.29 is 19.1 Å². The molecule has 7 heteroatoms. The maximum Gasteiger partial charge on any atom is 0.337 e. The smallest absolute Gasteiger partial charge is 0.337 e. The van der Waals surface area contributed by atoms with E-state index in [1.54, 1.807) is 0 Å². The SMILES string of the molecule is COC(=O)c1ccc(C(=O)NC(=S)Nc2ccc(OCCC(C)C)cc2)cc1. The number of nitrogens with one attached hydrogen (secondary N) is 2. The van der Waals surface area contributed by atoms with Crippen molar-refractivity contribution in [3.63, 3.8) is 0 Å². The number of amides is 1. The lowest BCUT2D eigenvalue weighted by atomic mass is 10.1. The van der Waals surface area contributed by atoms with E-state index in [2.05, 4.69) is 29.2 Å². The van der Waals surface area contributed by atoms with Gasteiger partial charge in [-0.2, -0.15) is 0 Å². The number of benzene rings is 2. The Morgan fingerprint density at radius 3 is 2.18 bits per heavy atom. The first-order chi connectivity index (χ1) is 13.4. The van der Waals surface area contributed by atoms with Crippen LogP contribution in [0.1, 0.15) is 41.0 Å². The molecule has 0 saturated carbocycles. The summed E-state index contributed by atoms with van der Waals surface area (Å²) in [5.74, 6) is 0.550. The van der Waals surface area contributed by atoms with Crippen LogP contribution in [0.15, 0.2) is 48.5 Å². The number of methoxy groups -OCH3 is 1. The minimum absolute atomic E-state index is 0.176. The highest BCUT2D eigenvalue weighted by Gasteiger charge is 2.10. The van der Waals surface area contributed by atoms with Crippen LogP contribution in [0.2, 0.25) is 0 Å². The fourth-order valence-electron chi connectivity index (χ4n) is 2.26. The van der Waals surface area contributed by atoms with E-state index in [1.807, 2.05) is 24.3 Å². The zero-order chi connectivity index (χ0) is 20.5. The molecule has 0 heterocycles. The molecule has 0 saturated heterocycles. The van der Waals surface area contributed by atoms with E-state index in [9.17, 15) is 9.59 Å². The first-order valence-electron chi connectivity index (χ1n) is 8.92. The molecule has 1 amide bonds. The monoisotopic (exact) mass is 400 g/mol. The zero-order valence-electron chi connectivity index (χ0n) is 16.2. The van der Waals surface area contributed by atoms with Crippen LogP contribution < -0.4 is 15.4 Å². The molecule has 0 unspecified atom stereocenters. The molecule has 2 rings (SSSR count). The Balaban J connectivity index is 1.85. The molecule has 0 bridgehead atoms. The number of rotatable bonds is 7. The van der Waals surface area contributed by atoms with Crippen LogP contribution >= 0.6 is 12.2 Å². The maximum atomic E-state index is 12.2. The third-order valence-corrected chi connectivity index (χ3v) is 4.08. The largest absolute Gasteiger partial charge is 0.494 e. The Morgan fingerprint density at radius 2 is 1.61 bits per heavy atom. The van der Waals surface area contributed by atoms with E-state index in [-0.39, 0.29) is 11.0 Å². The Kier molecular flexibility index (Phi) is 7.95. The first kappa shape index (κ1) is 21.4. The van der Waals surface area contributed by atoms with Crippen LogP contribution in [0.25, 0.3) is 0 Å². The molecule has 2 N–H and O–H groups in total. The van der Waals surface area contributed by atoms with Crippen molar-refractivity contribution in [2.45, 2.75) is 20.3 Å². The van der Waals surface area contributed by atoms with Crippen molar-refractivity contribution in [1.82, 2.24) is 5.32 Å². The van der Waals surface area contributed by atoms with Crippen LogP contribution in [0.5, 0.6) is 5.75 Å². The van der Waals surface area contributed by atoms with Gasteiger partial charge in [0.05, 0.1) is 19.3 Å². The van der Waals surface area contributed by atoms with Gasteiger partial charge in [-0.05, 0) is 73.1 Å². The predicted octanol–water partition coefficient (Wildman–Crippen LogP) is 4.02. The second-order valence-corrected chi connectivity index (χ2v) is 6.94. The number of carbonyl (C=O) groups excluding carboxylic acids is 2. The molecule has 0 radical (unpaired) electrons. The topological polar surface area (TPSA) is 76.7 Å². The van der Waals surface area contributed by atoms with Crippen LogP contribution in [0, 0.1) is 5.92 Å². The van der Waals surface area contributed by atoms with Gasteiger partial charge in [0.2, 0.25) is 0 Å². The number of carbonyl (C=O) groups is 2. The van der Waals surface area contributed by atoms with Gasteiger partial charge in [0.25, 0.3) is 5.91 Å². The van der Waals surface area contributed by atoms with Crippen molar-refractivity contribution in [2.24, 2.45) is 5.92 Å². The fraction of sp³-hybridized carbons (Fsp3) is 0.286. The third kappa shape index (κ3) is 6.66. The lowest BCUT2D eigenvalue weighted by Crippen LogP contribution is -2.34. The molecule has 0 aliphatic heterocycles. The van der Waals surface area contributed by atoms with Gasteiger partial charge >= 0.3 is 5.97 Å². The van der Waals surface area contributed by atoms with Crippen LogP contribution in [0.4, 0.5) is 5.69 Å². The van der Waals surface area contributed by atoms with Gasteiger partial charge in [-0.25, -0.2) is 4.79 Å². The standard InChI is InChI=1S/C21H24N2O4S/c1-14(2)12-13-27-18-10-8-17(9-11-18)22-21(28)23-19(24)15-4-6-16(7-5-15)20(25)26-3/h4-11,14H,12-13H2,1-3H3,(H2,22,23,24,28). The van der Waals surface area contributed by atoms with Gasteiger partial charge < -0.3 is 14.8 Å². The van der Waals surface area contributed by atoms with Gasteiger partial charge in [-0.3, -0.25) is 10.1 Å². The maximum absolute atomic E-state index is 12.2. The van der Waals surface area contributed by atoms with E-state index in [1.165, 1.54) is 31.4 Å². The Hall–Kier alpha value is -2.93. The van der Waals surface area contributed by atoms with E-state index < -0.39 is 5.97 Å². The summed E-state index contributed by atoms with van der Waals surface area (Å²) in [6, 6.07) is 13.5. The quantitative estimate of drug-likeness (QED) is 0.540. The fourth-order valence-corrected chi connectivity index (χ4v) is 2.47. The normalized spacial score (nSPS) is 10.3. The molecule has 2 aromatic rings. The van der Waals surface area contributed by atoms with Crippen molar-refractivity contribution in [1.29, 1.82) is 0 Å². The summed E-state index contributed by atoms with van der Waals surface area (Å²) in [4.78, 5) is 23.7. The molecule has 0 aliphatic carbocycles. The second kappa shape index (κ2) is 10.4. The summed E-state index contributed by atoms with van der Waals surface area (Å²) in [5.41, 5.74) is 1.49. The molecular formula is C21H24N2O4S. The highest BCUT2D eigenvalue weighted by Crippen LogP contribution is 2.16. The lowest BCUT2D eigenvalue weighted by Gasteiger charge is -2.11.